The number of aromatic nitrogens is 1. The minimum atomic E-state index is 0.0456. The molecule has 1 heterocycles. The quantitative estimate of drug-likeness (QED) is 0.813. The number of H-pyrrole nitrogens is 1. The van der Waals surface area contributed by atoms with Crippen LogP contribution in [0.2, 0.25) is 0 Å². The summed E-state index contributed by atoms with van der Waals surface area (Å²) < 4.78 is 5.37. The molecule has 78 valence electrons. The highest BCUT2D eigenvalue weighted by Gasteiger charge is 2.01. The van der Waals surface area contributed by atoms with Crippen LogP contribution in [0.1, 0.15) is 12.6 Å². The molecule has 1 aromatic carbocycles. The summed E-state index contributed by atoms with van der Waals surface area (Å²) >= 11 is 0. The van der Waals surface area contributed by atoms with Gasteiger partial charge in [0.1, 0.15) is 5.75 Å². The summed E-state index contributed by atoms with van der Waals surface area (Å²) in [7, 11) is 0. The molecule has 0 radical (unpaired) electrons. The van der Waals surface area contributed by atoms with Crippen LogP contribution in [0.5, 0.6) is 5.75 Å². The lowest BCUT2D eigenvalue weighted by molar-refractivity contribution is 0.340. The van der Waals surface area contributed by atoms with E-state index in [0.29, 0.717) is 12.0 Å². The molecule has 0 aliphatic heterocycles. The Hall–Kier alpha value is -1.77. The highest BCUT2D eigenvalue weighted by atomic mass is 16.5. The second-order valence-corrected chi connectivity index (χ2v) is 3.46. The fourth-order valence-electron chi connectivity index (χ4n) is 1.62. The van der Waals surface area contributed by atoms with E-state index in [9.17, 15) is 4.79 Å². The number of aryl methyl sites for hydroxylation is 1. The van der Waals surface area contributed by atoms with Crippen molar-refractivity contribution in [2.24, 2.45) is 0 Å². The zero-order valence-corrected chi connectivity index (χ0v) is 8.83. The topological polar surface area (TPSA) is 42.1 Å². The molecule has 0 aliphatic rings. The highest BCUT2D eigenvalue weighted by molar-refractivity contribution is 5.79. The number of pyridine rings is 1. The number of hydrogen-bond donors (Lipinski definition) is 1. The summed E-state index contributed by atoms with van der Waals surface area (Å²) in [5.41, 5.74) is 1.73. The Morgan fingerprint density at radius 3 is 2.87 bits per heavy atom. The lowest BCUT2D eigenvalue weighted by Gasteiger charge is -2.04. The Labute approximate surface area is 87.7 Å². The van der Waals surface area contributed by atoms with E-state index in [1.807, 2.05) is 26.0 Å². The molecular formula is C12H13NO2. The third-order valence-corrected chi connectivity index (χ3v) is 2.25. The van der Waals surface area contributed by atoms with E-state index in [0.717, 1.165) is 17.0 Å². The highest BCUT2D eigenvalue weighted by Crippen LogP contribution is 2.17. The van der Waals surface area contributed by atoms with Gasteiger partial charge in [0.05, 0.1) is 12.1 Å². The molecule has 15 heavy (non-hydrogen) atoms. The third-order valence-electron chi connectivity index (χ3n) is 2.25. The summed E-state index contributed by atoms with van der Waals surface area (Å²) in [6, 6.07) is 7.06. The van der Waals surface area contributed by atoms with E-state index in [1.54, 1.807) is 12.1 Å². The number of benzene rings is 1. The zero-order valence-electron chi connectivity index (χ0n) is 8.83. The van der Waals surface area contributed by atoms with Crippen LogP contribution >= 0.6 is 0 Å². The van der Waals surface area contributed by atoms with Gasteiger partial charge >= 0.3 is 0 Å². The van der Waals surface area contributed by atoms with E-state index < -0.39 is 0 Å². The van der Waals surface area contributed by atoms with Gasteiger partial charge in [0.2, 0.25) is 0 Å². The number of nitrogens with one attached hydrogen (secondary N) is 1. The Balaban J connectivity index is 2.65. The van der Waals surface area contributed by atoms with Crippen molar-refractivity contribution in [2.75, 3.05) is 6.61 Å². The number of rotatable bonds is 2. The van der Waals surface area contributed by atoms with Crippen LogP contribution in [0, 0.1) is 6.92 Å². The van der Waals surface area contributed by atoms with Gasteiger partial charge in [-0.25, -0.2) is 0 Å². The number of ether oxygens (including phenoxy) is 1. The van der Waals surface area contributed by atoms with Crippen molar-refractivity contribution < 1.29 is 4.74 Å². The molecule has 3 heteroatoms. The molecule has 3 nitrogen and oxygen atoms in total. The Kier molecular flexibility index (Phi) is 2.46. The van der Waals surface area contributed by atoms with E-state index in [4.69, 9.17) is 4.74 Å². The molecular weight excluding hydrogens is 190 g/mol. The van der Waals surface area contributed by atoms with Gasteiger partial charge in [-0.05, 0) is 26.0 Å². The fraction of sp³-hybridized carbons (Fsp3) is 0.250. The fourth-order valence-corrected chi connectivity index (χ4v) is 1.62. The first-order valence-corrected chi connectivity index (χ1v) is 4.97. The molecule has 2 aromatic rings. The molecule has 0 atom stereocenters. The van der Waals surface area contributed by atoms with E-state index in [1.165, 1.54) is 0 Å². The zero-order chi connectivity index (χ0) is 10.8. The third kappa shape index (κ3) is 1.86. The maximum Gasteiger partial charge on any atom is 0.189 e. The SMILES string of the molecule is CCOc1ccc2c(=O)cc(C)[nH]c2c1. The van der Waals surface area contributed by atoms with Crippen LogP contribution in [0.25, 0.3) is 10.9 Å². The van der Waals surface area contributed by atoms with Gasteiger partial charge in [-0.3, -0.25) is 4.79 Å². The largest absolute Gasteiger partial charge is 0.494 e. The molecule has 0 amide bonds. The van der Waals surface area contributed by atoms with Gasteiger partial charge < -0.3 is 9.72 Å². The summed E-state index contributed by atoms with van der Waals surface area (Å²) in [6.45, 7) is 4.43. The van der Waals surface area contributed by atoms with Crippen molar-refractivity contribution in [2.45, 2.75) is 13.8 Å². The van der Waals surface area contributed by atoms with Crippen LogP contribution in [-0.2, 0) is 0 Å². The minimum absolute atomic E-state index is 0.0456. The molecule has 0 saturated carbocycles. The second kappa shape index (κ2) is 3.77. The van der Waals surface area contributed by atoms with Crippen LogP contribution in [0.3, 0.4) is 0 Å². The van der Waals surface area contributed by atoms with Gasteiger partial charge in [0.25, 0.3) is 0 Å². The predicted octanol–water partition coefficient (Wildman–Crippen LogP) is 2.24. The maximum absolute atomic E-state index is 11.6. The van der Waals surface area contributed by atoms with Crippen molar-refractivity contribution in [3.63, 3.8) is 0 Å². The lowest BCUT2D eigenvalue weighted by atomic mass is 10.2. The van der Waals surface area contributed by atoms with Gasteiger partial charge in [-0.1, -0.05) is 0 Å². The minimum Gasteiger partial charge on any atom is -0.494 e. The van der Waals surface area contributed by atoms with Crippen LogP contribution in [0.4, 0.5) is 0 Å². The molecule has 2 rings (SSSR count). The molecule has 1 N–H and O–H groups in total. The first-order valence-electron chi connectivity index (χ1n) is 4.97. The molecule has 0 aliphatic carbocycles. The molecule has 0 bridgehead atoms. The number of fused-ring (bicyclic) bond motifs is 1. The average molecular weight is 203 g/mol. The summed E-state index contributed by atoms with van der Waals surface area (Å²) in [6.07, 6.45) is 0. The maximum atomic E-state index is 11.6. The van der Waals surface area contributed by atoms with Crippen molar-refractivity contribution in [3.05, 3.63) is 40.2 Å². The summed E-state index contributed by atoms with van der Waals surface area (Å²) in [5, 5.41) is 0.698. The van der Waals surface area contributed by atoms with Gasteiger partial charge in [-0.2, -0.15) is 0 Å². The first-order chi connectivity index (χ1) is 7.20. The van der Waals surface area contributed by atoms with Gasteiger partial charge in [0, 0.05) is 23.2 Å². The lowest BCUT2D eigenvalue weighted by Crippen LogP contribution is -2.03. The summed E-state index contributed by atoms with van der Waals surface area (Å²) in [5.74, 6) is 0.784. The average Bonchev–Trinajstić information content (AvgIpc) is 2.17. The molecule has 0 saturated heterocycles. The van der Waals surface area contributed by atoms with Crippen LogP contribution in [0.15, 0.2) is 29.1 Å². The van der Waals surface area contributed by atoms with E-state index >= 15 is 0 Å². The summed E-state index contributed by atoms with van der Waals surface area (Å²) in [4.78, 5) is 14.8. The van der Waals surface area contributed by atoms with Crippen molar-refractivity contribution in [1.29, 1.82) is 0 Å². The van der Waals surface area contributed by atoms with Crippen molar-refractivity contribution in [3.8, 4) is 5.75 Å². The predicted molar refractivity (Wildman–Crippen MR) is 60.5 cm³/mol. The number of aromatic amines is 1. The first kappa shape index (κ1) is 9.77. The smallest absolute Gasteiger partial charge is 0.189 e. The second-order valence-electron chi connectivity index (χ2n) is 3.46. The van der Waals surface area contributed by atoms with Crippen LogP contribution < -0.4 is 10.2 Å². The van der Waals surface area contributed by atoms with Gasteiger partial charge in [0.15, 0.2) is 5.43 Å². The van der Waals surface area contributed by atoms with Crippen LogP contribution in [-0.4, -0.2) is 11.6 Å². The Morgan fingerprint density at radius 2 is 2.13 bits per heavy atom. The van der Waals surface area contributed by atoms with E-state index in [2.05, 4.69) is 4.98 Å². The molecule has 1 aromatic heterocycles. The Bertz CT molecular complexity index is 543. The Morgan fingerprint density at radius 1 is 1.33 bits per heavy atom. The van der Waals surface area contributed by atoms with Crippen molar-refractivity contribution >= 4 is 10.9 Å². The standard InChI is InChI=1S/C12H13NO2/c1-3-15-9-4-5-10-11(7-9)13-8(2)6-12(10)14/h4-7H,3H2,1-2H3,(H,13,14). The normalized spacial score (nSPS) is 10.5. The monoisotopic (exact) mass is 203 g/mol. The molecule has 0 fully saturated rings. The van der Waals surface area contributed by atoms with Gasteiger partial charge in [-0.15, -0.1) is 0 Å². The number of hydrogen-bond acceptors (Lipinski definition) is 2. The molecule has 0 unspecified atom stereocenters. The van der Waals surface area contributed by atoms with E-state index in [-0.39, 0.29) is 5.43 Å². The van der Waals surface area contributed by atoms with Crippen molar-refractivity contribution in [1.82, 2.24) is 4.98 Å². The molecule has 0 spiro atoms.